The lowest BCUT2D eigenvalue weighted by Gasteiger charge is -2.58. The number of aliphatic hydroxyl groups is 2. The van der Waals surface area contributed by atoms with Crippen molar-refractivity contribution in [1.29, 1.82) is 0 Å². The number of fused-ring (bicyclic) bond motifs is 6. The van der Waals surface area contributed by atoms with E-state index < -0.39 is 5.60 Å². The van der Waals surface area contributed by atoms with Crippen LogP contribution in [-0.4, -0.2) is 100 Å². The Bertz CT molecular complexity index is 4270. The topological polar surface area (TPSA) is 215 Å². The molecule has 8 fully saturated rings. The predicted octanol–water partition coefficient (Wildman–Crippen LogP) is 28.5. The molecule has 16 aliphatic carbocycles. The Morgan fingerprint density at radius 3 is 1.39 bits per heavy atom. The van der Waals surface area contributed by atoms with Crippen LogP contribution in [0.15, 0.2) is 182 Å². The molecule has 16 aliphatic rings. The summed E-state index contributed by atoms with van der Waals surface area (Å²) in [5, 5.41) is 19.4. The Balaban J connectivity index is 0.000000264. The molecular weight excluding hydrogens is 1670 g/mol. The lowest BCUT2D eigenvalue weighted by molar-refractivity contribution is -0.156. The molecule has 0 amide bonds. The normalized spacial score (nSPS) is 31.7. The summed E-state index contributed by atoms with van der Waals surface area (Å²) in [6.07, 6.45) is 46.5. The molecule has 0 aromatic rings. The number of hydrogen-bond donors (Lipinski definition) is 2. The van der Waals surface area contributed by atoms with Crippen LogP contribution in [0.4, 0.5) is 0 Å². The van der Waals surface area contributed by atoms with Crippen LogP contribution in [0.1, 0.15) is 341 Å². The van der Waals surface area contributed by atoms with Crippen LogP contribution in [0.5, 0.6) is 0 Å². The van der Waals surface area contributed by atoms with Gasteiger partial charge in [-0.05, 0) is 365 Å². The van der Waals surface area contributed by atoms with Crippen LogP contribution in [0.3, 0.4) is 0 Å². The van der Waals surface area contributed by atoms with Gasteiger partial charge in [0.05, 0.1) is 18.3 Å². The van der Waals surface area contributed by atoms with Gasteiger partial charge in [-0.3, -0.25) is 4.79 Å². The zero-order valence-corrected chi connectivity index (χ0v) is 89.0. The maximum absolute atomic E-state index is 11.5. The Labute approximate surface area is 814 Å². The lowest BCUT2D eigenvalue weighted by Crippen LogP contribution is -2.54. The Morgan fingerprint density at radius 1 is 0.500 bits per heavy atom. The van der Waals surface area contributed by atoms with Crippen LogP contribution in [0, 0.1) is 134 Å². The van der Waals surface area contributed by atoms with Crippen LogP contribution >= 0.6 is 0 Å². The number of ether oxygens (including phenoxy) is 6. The molecule has 134 heavy (non-hydrogen) atoms. The van der Waals surface area contributed by atoms with Gasteiger partial charge in [-0.2, -0.15) is 0 Å². The minimum atomic E-state index is -0.489. The van der Waals surface area contributed by atoms with Gasteiger partial charge in [0.2, 0.25) is 0 Å². The first-order valence-electron chi connectivity index (χ1n) is 51.2. The third kappa shape index (κ3) is 33.4. The van der Waals surface area contributed by atoms with Crippen molar-refractivity contribution in [3.05, 3.63) is 182 Å². The number of esters is 6. The standard InChI is InChI=1S/C14H20O2.C13H18O2.2C13H20O2.C13H18O2.C13H22O2.C10H14O.C10H18O.C10H20O.C10H16/c1-9(2)12-7-6-11(5)13(8-12)16-14(15)10(3)4;1-5-12(14)15-11-6-8(2)9-7-10(11)13(9,3)4;1-4-12(14)15-8-11-9-5-6-10(7-9)13(11,2)3;1-5-12(14)15-13(3,4)11-8-6-10(2)7-9-11;1-5-13(14)15-12-8-11(9(2)3)7-6-10(12)4;1-5-13(14)15-12-8-10(4)6-7-11(12)9(2)3;1-6-4-9(11)8-5-7(6)10(8,2)3;1-8-4-6-9(7-5-8)10(2,3)11;1-7(2)9-5-4-8(3)6-10(9)11;1-7-8-4-5-9(6-8)10(7,2)3/h6,12-13H,1,3,7-8H2,2,4-5H3;5-6,9-11H,1,7H2,2-4H3;4,9-11H,1,5-8H2,2-3H3;5-6,11H,1,7-9H2,2-4H3;5-6,11-12H,1-2,7-8H2,3-4H3;5,9-12H,1,6-8H2,2-4H3;4,7-8H,5H2,1-3H3;4,9,11H,5-7H2,1-3H3;7-11H,4-6H2,1-3H3;8-9H,1,4-6H2,2-3H3/t12-,13-;2*9-,10+,11-;;11-,12-;10-,11+,12-;7-,8+;;8-,9+,10-;8-,9+/m100.110.10/s1. The van der Waals surface area contributed by atoms with Crippen molar-refractivity contribution >= 4 is 41.6 Å². The van der Waals surface area contributed by atoms with Crippen LogP contribution in [0.2, 0.25) is 0 Å². The molecule has 15 heteroatoms. The van der Waals surface area contributed by atoms with Gasteiger partial charge in [-0.1, -0.05) is 232 Å². The Morgan fingerprint density at radius 2 is 0.985 bits per heavy atom. The van der Waals surface area contributed by atoms with E-state index in [1.807, 2.05) is 61.5 Å². The first-order chi connectivity index (χ1) is 62.2. The monoisotopic (exact) mass is 1860 g/mol. The molecule has 0 heterocycles. The lowest BCUT2D eigenvalue weighted by atomic mass is 9.48. The molecule has 0 saturated heterocycles. The van der Waals surface area contributed by atoms with E-state index in [0.717, 1.165) is 142 Å². The van der Waals surface area contributed by atoms with Gasteiger partial charge in [-0.15, -0.1) is 0 Å². The van der Waals surface area contributed by atoms with Crippen LogP contribution in [-0.2, 0) is 62.0 Å². The minimum Gasteiger partial charge on any atom is -0.462 e. The molecule has 0 aromatic heterocycles. The second-order valence-corrected chi connectivity index (χ2v) is 46.7. The van der Waals surface area contributed by atoms with Gasteiger partial charge >= 0.3 is 35.8 Å². The zero-order chi connectivity index (χ0) is 101. The highest BCUT2D eigenvalue weighted by molar-refractivity contribution is 5.96. The summed E-state index contributed by atoms with van der Waals surface area (Å²) in [5.41, 5.74) is 12.6. The van der Waals surface area contributed by atoms with Crippen molar-refractivity contribution in [2.45, 2.75) is 383 Å². The van der Waals surface area contributed by atoms with Gasteiger partial charge in [0, 0.05) is 59.6 Å². The summed E-state index contributed by atoms with van der Waals surface area (Å²) >= 11 is 0. The zero-order valence-electron chi connectivity index (χ0n) is 89.0. The molecule has 22 atom stereocenters. The van der Waals surface area contributed by atoms with Gasteiger partial charge in [0.1, 0.15) is 30.0 Å². The highest BCUT2D eigenvalue weighted by Gasteiger charge is 2.57. The molecule has 8 bridgehead atoms. The summed E-state index contributed by atoms with van der Waals surface area (Å²) in [6.45, 7) is 91.0. The van der Waals surface area contributed by atoms with E-state index >= 15 is 0 Å². The SMILES string of the molecule is C=C(C)C(=O)O[C@@H]1C[C@H](C(=C)C)CC=C1C.C=C1[C@H]2CC[C@H](C2)C1(C)C.C=CC(=O)OC(C)(C)C1CC=C(C)CC1.C=CC(=O)OC[C@H]1[C@H]2CC[C@H](C2)C1(C)C.C=CC(=O)O[C@@H]1C[C@H](C(=C)C)CC=C1C.C=CC(=O)O[C@@H]1C[C@H](C)CC[C@H]1C(C)C.C=CC(=O)O[C@H]1C=C(C)[C@@H]2C[C@H]1C2(C)C.CC(C)[C@@H]1CC[C@@H](C)C[C@H]1O.CC1=CC(=O)[C@H]2C[C@@H]1C2(C)C.CC1=CCC(C(C)(C)O)CC1. The second kappa shape index (κ2) is 52.0. The summed E-state index contributed by atoms with van der Waals surface area (Å²) in [7, 11) is 0. The number of allylic oxidation sites excluding steroid dienone is 12. The van der Waals surface area contributed by atoms with E-state index in [4.69, 9.17) is 28.4 Å². The van der Waals surface area contributed by atoms with Crippen LogP contribution < -0.4 is 0 Å². The van der Waals surface area contributed by atoms with E-state index in [-0.39, 0.29) is 82.8 Å². The molecule has 2 unspecified atom stereocenters. The number of aliphatic hydroxyl groups excluding tert-OH is 1. The average molecular weight is 1860 g/mol. The molecule has 0 aromatic carbocycles. The summed E-state index contributed by atoms with van der Waals surface area (Å²) < 4.78 is 32.0. The van der Waals surface area contributed by atoms with Crippen LogP contribution in [0.25, 0.3) is 0 Å². The molecule has 0 aliphatic heterocycles. The van der Waals surface area contributed by atoms with Gasteiger partial charge < -0.3 is 38.6 Å². The fraction of sp³-hybridized carbons (Fsp3) is 0.689. The summed E-state index contributed by atoms with van der Waals surface area (Å²) in [6, 6.07) is 0. The molecule has 15 nitrogen and oxygen atoms in total. The molecule has 2 N–H and O–H groups in total. The molecular formula is C119H186O15. The molecule has 8 saturated carbocycles. The van der Waals surface area contributed by atoms with Gasteiger partial charge in [-0.25, -0.2) is 28.8 Å². The van der Waals surface area contributed by atoms with Crippen molar-refractivity contribution in [3.63, 3.8) is 0 Å². The van der Waals surface area contributed by atoms with Gasteiger partial charge in [0.25, 0.3) is 0 Å². The fourth-order valence-electron chi connectivity index (χ4n) is 23.7. The second-order valence-electron chi connectivity index (χ2n) is 46.7. The van der Waals surface area contributed by atoms with Gasteiger partial charge in [0.15, 0.2) is 5.78 Å². The molecule has 16 rings (SSSR count). The maximum atomic E-state index is 11.5. The highest BCUT2D eigenvalue weighted by atomic mass is 16.6. The Kier molecular flexibility index (Phi) is 45.4. The minimum absolute atomic E-state index is 0.0289. The predicted molar refractivity (Wildman–Crippen MR) is 551 cm³/mol. The number of hydrogen-bond acceptors (Lipinski definition) is 15. The third-order valence-corrected chi connectivity index (χ3v) is 34.1. The van der Waals surface area contributed by atoms with E-state index in [1.165, 1.54) is 122 Å². The quantitative estimate of drug-likeness (QED) is 0.0532. The number of carbonyl (C=O) groups is 7. The van der Waals surface area contributed by atoms with Crippen molar-refractivity contribution in [3.8, 4) is 0 Å². The third-order valence-electron chi connectivity index (χ3n) is 34.1. The Hall–Kier alpha value is -7.49. The maximum Gasteiger partial charge on any atom is 0.333 e. The van der Waals surface area contributed by atoms with E-state index in [2.05, 4.69) is 214 Å². The number of rotatable bonds is 19. The van der Waals surface area contributed by atoms with Crippen molar-refractivity contribution in [1.82, 2.24) is 0 Å². The first kappa shape index (κ1) is 117. The molecule has 752 valence electrons. The average Bonchev–Trinajstić information content (AvgIpc) is 0.924. The summed E-state index contributed by atoms with van der Waals surface area (Å²) in [4.78, 5) is 78.6. The largest absolute Gasteiger partial charge is 0.462 e. The van der Waals surface area contributed by atoms with Crippen molar-refractivity contribution in [2.75, 3.05) is 6.61 Å². The number of carbonyl (C=O) groups excluding carboxylic acids is 7. The molecule has 0 spiro atoms. The van der Waals surface area contributed by atoms with E-state index in [9.17, 15) is 43.8 Å². The first-order valence-corrected chi connectivity index (χ1v) is 51.2. The van der Waals surface area contributed by atoms with Crippen molar-refractivity contribution < 1.29 is 72.2 Å². The van der Waals surface area contributed by atoms with E-state index in [0.29, 0.717) is 112 Å². The van der Waals surface area contributed by atoms with E-state index in [1.54, 1.807) is 6.92 Å². The van der Waals surface area contributed by atoms with Crippen molar-refractivity contribution in [2.24, 2.45) is 134 Å². The molecule has 0 radical (unpaired) electrons. The summed E-state index contributed by atoms with van der Waals surface area (Å²) in [5.74, 6) is 10.2. The fourth-order valence-corrected chi connectivity index (χ4v) is 23.7. The highest BCUT2D eigenvalue weighted by Crippen LogP contribution is 2.62. The number of ketones is 1. The smallest absolute Gasteiger partial charge is 0.333 e.